The molecule has 0 bridgehead atoms. The molecule has 2 N–H and O–H groups in total. The van der Waals surface area contributed by atoms with Crippen molar-refractivity contribution in [3.8, 4) is 5.75 Å². The van der Waals surface area contributed by atoms with Crippen LogP contribution in [0.5, 0.6) is 5.75 Å². The number of nitrogens with one attached hydrogen (secondary N) is 1. The summed E-state index contributed by atoms with van der Waals surface area (Å²) in [6, 6.07) is 14.8. The number of aromatic hydroxyl groups is 1. The molecule has 1 unspecified atom stereocenters. The lowest BCUT2D eigenvalue weighted by Crippen LogP contribution is -2.17. The van der Waals surface area contributed by atoms with Gasteiger partial charge in [0.25, 0.3) is 0 Å². The van der Waals surface area contributed by atoms with Gasteiger partial charge in [-0.05, 0) is 48.9 Å². The molecule has 1 atom stereocenters. The molecule has 0 saturated carbocycles. The van der Waals surface area contributed by atoms with Gasteiger partial charge in [0.15, 0.2) is 0 Å². The first-order chi connectivity index (χ1) is 9.24. The van der Waals surface area contributed by atoms with Crippen molar-refractivity contribution in [2.75, 3.05) is 5.32 Å². The van der Waals surface area contributed by atoms with Crippen molar-refractivity contribution in [1.82, 2.24) is 0 Å². The van der Waals surface area contributed by atoms with E-state index < -0.39 is 0 Å². The van der Waals surface area contributed by atoms with Crippen LogP contribution in [0.4, 0.5) is 5.69 Å². The second-order valence-electron chi connectivity index (χ2n) is 5.29. The number of phenolic OH excluding ortho intramolecular Hbond substituents is 1. The van der Waals surface area contributed by atoms with Crippen LogP contribution in [-0.4, -0.2) is 5.11 Å². The Kier molecular flexibility index (Phi) is 3.16. The third kappa shape index (κ3) is 2.43. The van der Waals surface area contributed by atoms with Crippen molar-refractivity contribution in [3.63, 3.8) is 0 Å². The highest BCUT2D eigenvalue weighted by Gasteiger charge is 2.19. The van der Waals surface area contributed by atoms with Gasteiger partial charge in [0.2, 0.25) is 0 Å². The zero-order chi connectivity index (χ0) is 13.2. The fourth-order valence-corrected chi connectivity index (χ4v) is 2.80. The standard InChI is InChI=1S/C17H19NO/c1-12-9-10-14(11-17(12)19)18-16-8-4-6-13-5-2-3-7-15(13)16/h2-3,5,7,9-11,16,18-19H,4,6,8H2,1H3. The molecule has 0 radical (unpaired) electrons. The highest BCUT2D eigenvalue weighted by molar-refractivity contribution is 5.53. The van der Waals surface area contributed by atoms with Crippen LogP contribution >= 0.6 is 0 Å². The zero-order valence-corrected chi connectivity index (χ0v) is 11.2. The quantitative estimate of drug-likeness (QED) is 0.841. The van der Waals surface area contributed by atoms with E-state index in [-0.39, 0.29) is 0 Å². The van der Waals surface area contributed by atoms with Crippen molar-refractivity contribution in [2.24, 2.45) is 0 Å². The molecule has 0 aliphatic heterocycles. The molecular formula is C17H19NO. The Bertz CT molecular complexity index is 592. The fraction of sp³-hybridized carbons (Fsp3) is 0.294. The van der Waals surface area contributed by atoms with E-state index in [4.69, 9.17) is 0 Å². The highest BCUT2D eigenvalue weighted by atomic mass is 16.3. The predicted molar refractivity (Wildman–Crippen MR) is 78.6 cm³/mol. The fourth-order valence-electron chi connectivity index (χ4n) is 2.80. The number of benzene rings is 2. The molecule has 2 aromatic carbocycles. The molecule has 2 heteroatoms. The second kappa shape index (κ2) is 4.96. The molecule has 1 aliphatic rings. The lowest BCUT2D eigenvalue weighted by Gasteiger charge is -2.27. The van der Waals surface area contributed by atoms with E-state index in [1.807, 2.05) is 25.1 Å². The molecule has 2 nitrogen and oxygen atoms in total. The van der Waals surface area contributed by atoms with Crippen LogP contribution in [0.1, 0.15) is 35.6 Å². The van der Waals surface area contributed by atoms with Gasteiger partial charge in [-0.15, -0.1) is 0 Å². The Morgan fingerprint density at radius 1 is 1.16 bits per heavy atom. The summed E-state index contributed by atoms with van der Waals surface area (Å²) in [5.41, 5.74) is 4.75. The molecule has 0 spiro atoms. The van der Waals surface area contributed by atoms with Gasteiger partial charge < -0.3 is 10.4 Å². The minimum absolute atomic E-state index is 0.354. The first-order valence-corrected chi connectivity index (χ1v) is 6.88. The van der Waals surface area contributed by atoms with E-state index in [2.05, 4.69) is 29.6 Å². The van der Waals surface area contributed by atoms with Crippen LogP contribution in [0.15, 0.2) is 42.5 Å². The van der Waals surface area contributed by atoms with Crippen LogP contribution in [0.2, 0.25) is 0 Å². The maximum absolute atomic E-state index is 9.78. The molecule has 1 aliphatic carbocycles. The van der Waals surface area contributed by atoms with Crippen molar-refractivity contribution >= 4 is 5.69 Å². The number of rotatable bonds is 2. The normalized spacial score (nSPS) is 17.8. The van der Waals surface area contributed by atoms with Gasteiger partial charge in [0.1, 0.15) is 5.75 Å². The lowest BCUT2D eigenvalue weighted by molar-refractivity contribution is 0.471. The molecule has 98 valence electrons. The van der Waals surface area contributed by atoms with Gasteiger partial charge in [-0.1, -0.05) is 30.3 Å². The molecule has 19 heavy (non-hydrogen) atoms. The molecule has 0 saturated heterocycles. The van der Waals surface area contributed by atoms with Gasteiger partial charge in [-0.3, -0.25) is 0 Å². The number of fused-ring (bicyclic) bond motifs is 1. The van der Waals surface area contributed by atoms with Crippen LogP contribution in [0, 0.1) is 6.92 Å². The first-order valence-electron chi connectivity index (χ1n) is 6.88. The Balaban J connectivity index is 1.86. The summed E-state index contributed by atoms with van der Waals surface area (Å²) in [5.74, 6) is 0.356. The minimum Gasteiger partial charge on any atom is -0.508 e. The molecule has 0 heterocycles. The third-order valence-electron chi connectivity index (χ3n) is 3.92. The number of aryl methyl sites for hydroxylation is 2. The summed E-state index contributed by atoms with van der Waals surface area (Å²) in [7, 11) is 0. The number of anilines is 1. The minimum atomic E-state index is 0.354. The van der Waals surface area contributed by atoms with Crippen LogP contribution < -0.4 is 5.32 Å². The SMILES string of the molecule is Cc1ccc(NC2CCCc3ccccc32)cc1O. The van der Waals surface area contributed by atoms with E-state index >= 15 is 0 Å². The van der Waals surface area contributed by atoms with Gasteiger partial charge >= 0.3 is 0 Å². The molecule has 0 amide bonds. The zero-order valence-electron chi connectivity index (χ0n) is 11.2. The van der Waals surface area contributed by atoms with E-state index in [1.54, 1.807) is 0 Å². The Hall–Kier alpha value is -1.96. The molecular weight excluding hydrogens is 234 g/mol. The van der Waals surface area contributed by atoms with Crippen molar-refractivity contribution in [2.45, 2.75) is 32.2 Å². The average molecular weight is 253 g/mol. The molecule has 2 aromatic rings. The predicted octanol–water partition coefficient (Wildman–Crippen LogP) is 4.19. The Morgan fingerprint density at radius 2 is 2.00 bits per heavy atom. The van der Waals surface area contributed by atoms with Crippen molar-refractivity contribution < 1.29 is 5.11 Å². The van der Waals surface area contributed by atoms with Crippen LogP contribution in [-0.2, 0) is 6.42 Å². The number of phenols is 1. The first kappa shape index (κ1) is 12.1. The van der Waals surface area contributed by atoms with Crippen molar-refractivity contribution in [1.29, 1.82) is 0 Å². The maximum Gasteiger partial charge on any atom is 0.120 e. The topological polar surface area (TPSA) is 32.3 Å². The highest BCUT2D eigenvalue weighted by Crippen LogP contribution is 2.33. The van der Waals surface area contributed by atoms with E-state index in [9.17, 15) is 5.11 Å². The van der Waals surface area contributed by atoms with Gasteiger partial charge in [-0.25, -0.2) is 0 Å². The molecule has 0 aromatic heterocycles. The Labute approximate surface area is 114 Å². The smallest absolute Gasteiger partial charge is 0.120 e. The summed E-state index contributed by atoms with van der Waals surface area (Å²) >= 11 is 0. The Morgan fingerprint density at radius 3 is 2.84 bits per heavy atom. The number of hydrogen-bond acceptors (Lipinski definition) is 2. The van der Waals surface area contributed by atoms with E-state index in [0.717, 1.165) is 17.7 Å². The van der Waals surface area contributed by atoms with Gasteiger partial charge in [0.05, 0.1) is 6.04 Å². The average Bonchev–Trinajstić information content (AvgIpc) is 2.43. The summed E-state index contributed by atoms with van der Waals surface area (Å²) in [6.45, 7) is 1.91. The molecule has 0 fully saturated rings. The monoisotopic (exact) mass is 253 g/mol. The van der Waals surface area contributed by atoms with Crippen LogP contribution in [0.3, 0.4) is 0 Å². The van der Waals surface area contributed by atoms with Gasteiger partial charge in [0, 0.05) is 11.8 Å². The number of hydrogen-bond donors (Lipinski definition) is 2. The second-order valence-corrected chi connectivity index (χ2v) is 5.29. The summed E-state index contributed by atoms with van der Waals surface area (Å²) < 4.78 is 0. The molecule has 3 rings (SSSR count). The summed E-state index contributed by atoms with van der Waals surface area (Å²) in [6.07, 6.45) is 3.53. The maximum atomic E-state index is 9.78. The van der Waals surface area contributed by atoms with Crippen LogP contribution in [0.25, 0.3) is 0 Å². The van der Waals surface area contributed by atoms with E-state index in [1.165, 1.54) is 24.0 Å². The summed E-state index contributed by atoms with van der Waals surface area (Å²) in [5, 5.41) is 13.3. The van der Waals surface area contributed by atoms with E-state index in [0.29, 0.717) is 11.8 Å². The lowest BCUT2D eigenvalue weighted by atomic mass is 9.87. The summed E-state index contributed by atoms with van der Waals surface area (Å²) in [4.78, 5) is 0. The largest absolute Gasteiger partial charge is 0.508 e. The third-order valence-corrected chi connectivity index (χ3v) is 3.92. The van der Waals surface area contributed by atoms with Crippen molar-refractivity contribution in [3.05, 3.63) is 59.2 Å². The van der Waals surface area contributed by atoms with Gasteiger partial charge in [-0.2, -0.15) is 0 Å².